The Hall–Kier alpha value is -1.18. The molecule has 0 aromatic rings. The van der Waals surface area contributed by atoms with Crippen LogP contribution in [0.15, 0.2) is 0 Å². The third kappa shape index (κ3) is 1.54. The highest BCUT2D eigenvalue weighted by Gasteiger charge is 2.77. The van der Waals surface area contributed by atoms with Crippen LogP contribution in [0.2, 0.25) is 0 Å². The fourth-order valence-corrected chi connectivity index (χ4v) is 4.61. The number of carbonyl (C=O) groups excluding carboxylic acids is 2. The second-order valence-corrected chi connectivity index (χ2v) is 6.63. The molecule has 1 saturated carbocycles. The van der Waals surface area contributed by atoms with Crippen molar-refractivity contribution in [1.82, 2.24) is 0 Å². The van der Waals surface area contributed by atoms with Crippen LogP contribution in [0.5, 0.6) is 0 Å². The van der Waals surface area contributed by atoms with Crippen LogP contribution in [0, 0.1) is 16.7 Å². The van der Waals surface area contributed by atoms with E-state index in [1.165, 1.54) is 0 Å². The van der Waals surface area contributed by atoms with Gasteiger partial charge in [0.05, 0.1) is 37.6 Å². The summed E-state index contributed by atoms with van der Waals surface area (Å²) in [5.74, 6) is -1.33. The summed E-state index contributed by atoms with van der Waals surface area (Å²) in [5, 5.41) is 30.1. The number of aliphatic hydroxyl groups is 3. The topological polar surface area (TPSA) is 113 Å². The molecule has 21 heavy (non-hydrogen) atoms. The van der Waals surface area contributed by atoms with Crippen LogP contribution in [0.4, 0.5) is 0 Å². The average molecular weight is 300 g/mol. The molecule has 0 amide bonds. The number of ether oxygens (including phenoxy) is 2. The average Bonchev–Trinajstić information content (AvgIpc) is 2.78. The third-order valence-electron chi connectivity index (χ3n) is 5.93. The van der Waals surface area contributed by atoms with Crippen LogP contribution in [0.3, 0.4) is 0 Å². The summed E-state index contributed by atoms with van der Waals surface area (Å²) in [5.41, 5.74) is -3.51. The molecule has 0 radical (unpaired) electrons. The van der Waals surface area contributed by atoms with Crippen molar-refractivity contribution in [1.29, 1.82) is 0 Å². The molecule has 0 bridgehead atoms. The van der Waals surface area contributed by atoms with E-state index in [4.69, 9.17) is 9.47 Å². The molecule has 4 atom stereocenters. The lowest BCUT2D eigenvalue weighted by molar-refractivity contribution is -0.194. The fourth-order valence-electron chi connectivity index (χ4n) is 4.61. The Morgan fingerprint density at radius 2 is 1.81 bits per heavy atom. The van der Waals surface area contributed by atoms with E-state index in [1.807, 2.05) is 0 Å². The van der Waals surface area contributed by atoms with Crippen LogP contribution < -0.4 is 0 Å². The van der Waals surface area contributed by atoms with Gasteiger partial charge < -0.3 is 24.8 Å². The Balaban J connectivity index is 2.24. The number of hydrogen-bond donors (Lipinski definition) is 3. The molecule has 1 aliphatic carbocycles. The molecular formula is C14H20O7. The first-order chi connectivity index (χ1) is 9.86. The Kier molecular flexibility index (Phi) is 3.10. The molecule has 0 unspecified atom stereocenters. The maximum atomic E-state index is 12.0. The molecule has 2 heterocycles. The van der Waals surface area contributed by atoms with Gasteiger partial charge in [0.2, 0.25) is 0 Å². The van der Waals surface area contributed by atoms with Crippen molar-refractivity contribution >= 4 is 11.9 Å². The molecule has 2 aliphatic heterocycles. The van der Waals surface area contributed by atoms with Crippen molar-refractivity contribution in [2.45, 2.75) is 37.9 Å². The van der Waals surface area contributed by atoms with Crippen LogP contribution in [0.1, 0.15) is 26.2 Å². The number of carbonyl (C=O) groups is 2. The van der Waals surface area contributed by atoms with Gasteiger partial charge in [0.25, 0.3) is 0 Å². The minimum Gasteiger partial charge on any atom is -0.465 e. The molecule has 3 fully saturated rings. The van der Waals surface area contributed by atoms with Gasteiger partial charge >= 0.3 is 11.9 Å². The molecule has 0 aromatic heterocycles. The maximum Gasteiger partial charge on any atom is 0.307 e. The summed E-state index contributed by atoms with van der Waals surface area (Å²) in [6, 6.07) is 0. The highest BCUT2D eigenvalue weighted by molar-refractivity contribution is 5.79. The van der Waals surface area contributed by atoms with Crippen molar-refractivity contribution in [3.63, 3.8) is 0 Å². The van der Waals surface area contributed by atoms with Gasteiger partial charge in [0.1, 0.15) is 12.2 Å². The van der Waals surface area contributed by atoms with E-state index in [0.29, 0.717) is 0 Å². The zero-order valence-corrected chi connectivity index (χ0v) is 11.9. The molecule has 0 aromatic carbocycles. The largest absolute Gasteiger partial charge is 0.465 e. The first-order valence-corrected chi connectivity index (χ1v) is 7.14. The first-order valence-electron chi connectivity index (χ1n) is 7.14. The molecule has 118 valence electrons. The number of cyclic esters (lactones) is 1. The Bertz CT molecular complexity index is 486. The second-order valence-electron chi connectivity index (χ2n) is 6.63. The van der Waals surface area contributed by atoms with E-state index in [0.717, 1.165) is 0 Å². The van der Waals surface area contributed by atoms with E-state index < -0.39 is 47.7 Å². The zero-order valence-electron chi connectivity index (χ0n) is 11.9. The van der Waals surface area contributed by atoms with Gasteiger partial charge in [-0.3, -0.25) is 9.59 Å². The SMILES string of the molecule is C[C@@H]1[C@H](O)C[C@]23OC(=O)C[C@]12CC(=O)OCC3(CO)CO. The molecule has 2 saturated heterocycles. The van der Waals surface area contributed by atoms with E-state index in [9.17, 15) is 24.9 Å². The molecule has 7 heteroatoms. The number of esters is 2. The van der Waals surface area contributed by atoms with Crippen LogP contribution in [-0.4, -0.2) is 58.8 Å². The van der Waals surface area contributed by atoms with Crippen LogP contribution in [-0.2, 0) is 19.1 Å². The molecule has 3 rings (SSSR count). The highest BCUT2D eigenvalue weighted by Crippen LogP contribution is 2.67. The van der Waals surface area contributed by atoms with Crippen molar-refractivity contribution < 1.29 is 34.4 Å². The van der Waals surface area contributed by atoms with Gasteiger partial charge in [0.15, 0.2) is 0 Å². The molecule has 0 spiro atoms. The van der Waals surface area contributed by atoms with Crippen molar-refractivity contribution in [3.8, 4) is 0 Å². The quantitative estimate of drug-likeness (QED) is 0.559. The zero-order chi connectivity index (χ0) is 15.5. The monoisotopic (exact) mass is 300 g/mol. The Morgan fingerprint density at radius 3 is 2.43 bits per heavy atom. The van der Waals surface area contributed by atoms with Crippen LogP contribution >= 0.6 is 0 Å². The van der Waals surface area contributed by atoms with Gasteiger partial charge in [-0.1, -0.05) is 6.92 Å². The lowest BCUT2D eigenvalue weighted by Crippen LogP contribution is -2.60. The minimum atomic E-state index is -1.29. The second kappa shape index (κ2) is 4.41. The highest BCUT2D eigenvalue weighted by atomic mass is 16.6. The van der Waals surface area contributed by atoms with E-state index >= 15 is 0 Å². The smallest absolute Gasteiger partial charge is 0.307 e. The van der Waals surface area contributed by atoms with Gasteiger partial charge in [-0.15, -0.1) is 0 Å². The summed E-state index contributed by atoms with van der Waals surface area (Å²) < 4.78 is 10.7. The lowest BCUT2D eigenvalue weighted by Gasteiger charge is -2.48. The standard InChI is InChI=1S/C14H20O7/c1-8-9(17)2-14-12(5-15,6-16)7-20-10(18)3-13(8,14)4-11(19)21-14/h8-9,15-17H,2-7H2,1H3/t8-,9-,13-,14-/m1/s1. The van der Waals surface area contributed by atoms with Gasteiger partial charge in [-0.25, -0.2) is 0 Å². The Morgan fingerprint density at radius 1 is 1.19 bits per heavy atom. The first kappa shape index (κ1) is 14.7. The maximum absolute atomic E-state index is 12.0. The number of hydrogen-bond acceptors (Lipinski definition) is 7. The van der Waals surface area contributed by atoms with E-state index in [2.05, 4.69) is 0 Å². The number of aliphatic hydroxyl groups excluding tert-OH is 3. The lowest BCUT2D eigenvalue weighted by atomic mass is 9.57. The number of rotatable bonds is 2. The Labute approximate surface area is 121 Å². The predicted octanol–water partition coefficient (Wildman–Crippen LogP) is -1.02. The normalized spacial score (nSPS) is 44.6. The van der Waals surface area contributed by atoms with Crippen molar-refractivity contribution in [3.05, 3.63) is 0 Å². The fraction of sp³-hybridized carbons (Fsp3) is 0.857. The summed E-state index contributed by atoms with van der Waals surface area (Å²) in [6.45, 7) is 0.552. The molecule has 3 aliphatic rings. The summed E-state index contributed by atoms with van der Waals surface area (Å²) in [6.07, 6.45) is -0.736. The van der Waals surface area contributed by atoms with Crippen LogP contribution in [0.25, 0.3) is 0 Å². The van der Waals surface area contributed by atoms with Crippen molar-refractivity contribution in [2.75, 3.05) is 19.8 Å². The summed E-state index contributed by atoms with van der Waals surface area (Å²) >= 11 is 0. The van der Waals surface area contributed by atoms with E-state index in [-0.39, 0.29) is 31.8 Å². The summed E-state index contributed by atoms with van der Waals surface area (Å²) in [7, 11) is 0. The molecule has 3 N–H and O–H groups in total. The summed E-state index contributed by atoms with van der Waals surface area (Å²) in [4.78, 5) is 24.0. The van der Waals surface area contributed by atoms with Gasteiger partial charge in [-0.2, -0.15) is 0 Å². The third-order valence-corrected chi connectivity index (χ3v) is 5.93. The predicted molar refractivity (Wildman–Crippen MR) is 67.8 cm³/mol. The molecular weight excluding hydrogens is 280 g/mol. The van der Waals surface area contributed by atoms with Gasteiger partial charge in [-0.05, 0) is 5.92 Å². The van der Waals surface area contributed by atoms with Crippen molar-refractivity contribution in [2.24, 2.45) is 16.7 Å². The van der Waals surface area contributed by atoms with E-state index in [1.54, 1.807) is 6.92 Å². The molecule has 7 nitrogen and oxygen atoms in total. The minimum absolute atomic E-state index is 0.0118. The van der Waals surface area contributed by atoms with Gasteiger partial charge in [0, 0.05) is 11.8 Å².